The molecule has 0 unspecified atom stereocenters. The van der Waals surface area contributed by atoms with Gasteiger partial charge in [-0.15, -0.1) is 11.3 Å². The van der Waals surface area contributed by atoms with Crippen LogP contribution in [0.3, 0.4) is 0 Å². The van der Waals surface area contributed by atoms with Crippen molar-refractivity contribution in [2.45, 2.75) is 19.5 Å². The van der Waals surface area contributed by atoms with Gasteiger partial charge in [-0.1, -0.05) is 0 Å². The lowest BCUT2D eigenvalue weighted by Gasteiger charge is -2.28. The van der Waals surface area contributed by atoms with E-state index in [1.54, 1.807) is 34.1 Å². The summed E-state index contributed by atoms with van der Waals surface area (Å²) in [5, 5.41) is 4.55. The SMILES string of the molecule is COc1ccc(C(=O)N2CCc3ncc(CNC(=O)c4cscn4)cc3C2)cn1. The number of pyridine rings is 2. The van der Waals surface area contributed by atoms with Crippen molar-refractivity contribution in [2.24, 2.45) is 0 Å². The predicted molar refractivity (Wildman–Crippen MR) is 107 cm³/mol. The number of hydrogen-bond donors (Lipinski definition) is 1. The van der Waals surface area contributed by atoms with Crippen molar-refractivity contribution in [1.82, 2.24) is 25.2 Å². The Kier molecular flexibility index (Phi) is 5.48. The van der Waals surface area contributed by atoms with Crippen molar-refractivity contribution >= 4 is 23.2 Å². The third kappa shape index (κ3) is 4.24. The van der Waals surface area contributed by atoms with Crippen molar-refractivity contribution in [2.75, 3.05) is 13.7 Å². The molecule has 148 valence electrons. The van der Waals surface area contributed by atoms with E-state index in [2.05, 4.69) is 20.3 Å². The molecule has 0 spiro atoms. The fourth-order valence-corrected chi connectivity index (χ4v) is 3.69. The minimum atomic E-state index is -0.215. The molecule has 0 aliphatic carbocycles. The zero-order valence-electron chi connectivity index (χ0n) is 15.8. The number of fused-ring (bicyclic) bond motifs is 1. The van der Waals surface area contributed by atoms with Gasteiger partial charge in [0.15, 0.2) is 0 Å². The zero-order valence-corrected chi connectivity index (χ0v) is 16.6. The molecule has 1 aliphatic heterocycles. The highest BCUT2D eigenvalue weighted by Gasteiger charge is 2.23. The predicted octanol–water partition coefficient (Wildman–Crippen LogP) is 2.07. The Labute approximate surface area is 171 Å². The van der Waals surface area contributed by atoms with Crippen molar-refractivity contribution in [3.05, 3.63) is 69.6 Å². The standard InChI is InChI=1S/C20H19N5O3S/c1-28-18-3-2-14(9-22-18)20(27)25-5-4-16-15(10-25)6-13(7-21-16)8-23-19(26)17-11-29-12-24-17/h2-3,6-7,9,11-12H,4-5,8,10H2,1H3,(H,23,26). The average molecular weight is 409 g/mol. The lowest BCUT2D eigenvalue weighted by atomic mass is 10.0. The lowest BCUT2D eigenvalue weighted by Crippen LogP contribution is -2.36. The number of rotatable bonds is 5. The van der Waals surface area contributed by atoms with Crippen LogP contribution < -0.4 is 10.1 Å². The highest BCUT2D eigenvalue weighted by molar-refractivity contribution is 7.07. The van der Waals surface area contributed by atoms with Crippen molar-refractivity contribution in [3.63, 3.8) is 0 Å². The number of methoxy groups -OCH3 is 1. The molecule has 3 aromatic rings. The van der Waals surface area contributed by atoms with E-state index in [9.17, 15) is 9.59 Å². The lowest BCUT2D eigenvalue weighted by molar-refractivity contribution is 0.0733. The molecule has 9 heteroatoms. The zero-order chi connectivity index (χ0) is 20.2. The number of carbonyl (C=O) groups is 2. The number of ether oxygens (including phenoxy) is 1. The van der Waals surface area contributed by atoms with Crippen LogP contribution in [0.2, 0.25) is 0 Å². The van der Waals surface area contributed by atoms with Crippen LogP contribution in [0.4, 0.5) is 0 Å². The van der Waals surface area contributed by atoms with E-state index in [0.717, 1.165) is 16.8 Å². The van der Waals surface area contributed by atoms with E-state index in [1.807, 2.05) is 6.07 Å². The number of nitrogens with zero attached hydrogens (tertiary/aromatic N) is 4. The molecule has 1 aliphatic rings. The molecule has 29 heavy (non-hydrogen) atoms. The first-order valence-electron chi connectivity index (χ1n) is 9.06. The fourth-order valence-electron chi connectivity index (χ4n) is 3.15. The van der Waals surface area contributed by atoms with Crippen LogP contribution in [0.15, 0.2) is 41.5 Å². The van der Waals surface area contributed by atoms with Crippen LogP contribution >= 0.6 is 11.3 Å². The minimum Gasteiger partial charge on any atom is -0.481 e. The minimum absolute atomic E-state index is 0.0759. The van der Waals surface area contributed by atoms with Gasteiger partial charge in [0, 0.05) is 55.6 Å². The molecule has 4 rings (SSSR count). The topological polar surface area (TPSA) is 97.3 Å². The molecular formula is C20H19N5O3S. The first kappa shape index (κ1) is 19.0. The smallest absolute Gasteiger partial charge is 0.271 e. The number of thiazole rings is 1. The summed E-state index contributed by atoms with van der Waals surface area (Å²) in [6, 6.07) is 5.39. The van der Waals surface area contributed by atoms with Gasteiger partial charge in [-0.3, -0.25) is 14.6 Å². The number of carbonyl (C=O) groups excluding carboxylic acids is 2. The van der Waals surface area contributed by atoms with E-state index >= 15 is 0 Å². The molecule has 0 atom stereocenters. The second-order valence-electron chi connectivity index (χ2n) is 6.57. The van der Waals surface area contributed by atoms with E-state index in [-0.39, 0.29) is 11.8 Å². The summed E-state index contributed by atoms with van der Waals surface area (Å²) in [5.41, 5.74) is 5.41. The molecule has 4 heterocycles. The molecule has 2 amide bonds. The van der Waals surface area contributed by atoms with Crippen molar-refractivity contribution in [3.8, 4) is 5.88 Å². The summed E-state index contributed by atoms with van der Waals surface area (Å²) in [5.74, 6) is 0.180. The molecule has 0 saturated heterocycles. The molecule has 0 fully saturated rings. The van der Waals surface area contributed by atoms with Crippen LogP contribution in [0.5, 0.6) is 5.88 Å². The molecule has 1 N–H and O–H groups in total. The van der Waals surface area contributed by atoms with Gasteiger partial charge in [0.2, 0.25) is 5.88 Å². The van der Waals surface area contributed by atoms with E-state index < -0.39 is 0 Å². The number of amides is 2. The van der Waals surface area contributed by atoms with Gasteiger partial charge < -0.3 is 15.0 Å². The van der Waals surface area contributed by atoms with Crippen LogP contribution in [0.1, 0.15) is 37.7 Å². The Bertz CT molecular complexity index is 1020. The summed E-state index contributed by atoms with van der Waals surface area (Å²) in [7, 11) is 1.54. The molecule has 3 aromatic heterocycles. The van der Waals surface area contributed by atoms with Gasteiger partial charge in [0.1, 0.15) is 5.69 Å². The molecule has 0 saturated carbocycles. The Balaban J connectivity index is 1.43. The second-order valence-corrected chi connectivity index (χ2v) is 7.29. The van der Waals surface area contributed by atoms with Gasteiger partial charge in [-0.2, -0.15) is 0 Å². The van der Waals surface area contributed by atoms with Crippen LogP contribution in [0, 0.1) is 0 Å². The summed E-state index contributed by atoms with van der Waals surface area (Å²) in [6.45, 7) is 1.43. The van der Waals surface area contributed by atoms with Crippen molar-refractivity contribution in [1.29, 1.82) is 0 Å². The Morgan fingerprint density at radius 1 is 1.24 bits per heavy atom. The number of hydrogen-bond acceptors (Lipinski definition) is 7. The van der Waals surface area contributed by atoms with Gasteiger partial charge in [-0.05, 0) is 23.3 Å². The third-order valence-corrected chi connectivity index (χ3v) is 5.28. The highest BCUT2D eigenvalue weighted by Crippen LogP contribution is 2.20. The maximum atomic E-state index is 12.8. The average Bonchev–Trinajstić information content (AvgIpc) is 3.31. The summed E-state index contributed by atoms with van der Waals surface area (Å²) in [6.07, 6.45) is 3.99. The van der Waals surface area contributed by atoms with Gasteiger partial charge >= 0.3 is 0 Å². The Hall–Kier alpha value is -3.33. The first-order chi connectivity index (χ1) is 14.1. The molecular weight excluding hydrogens is 390 g/mol. The quantitative estimate of drug-likeness (QED) is 0.693. The van der Waals surface area contributed by atoms with Crippen molar-refractivity contribution < 1.29 is 14.3 Å². The van der Waals surface area contributed by atoms with Crippen LogP contribution in [-0.4, -0.2) is 45.3 Å². The Morgan fingerprint density at radius 3 is 2.86 bits per heavy atom. The van der Waals surface area contributed by atoms with E-state index in [4.69, 9.17) is 4.74 Å². The fraction of sp³-hybridized carbons (Fsp3) is 0.250. The summed E-state index contributed by atoms with van der Waals surface area (Å²) in [4.78, 5) is 39.3. The summed E-state index contributed by atoms with van der Waals surface area (Å²) < 4.78 is 5.04. The summed E-state index contributed by atoms with van der Waals surface area (Å²) >= 11 is 1.38. The van der Waals surface area contributed by atoms with Gasteiger partial charge in [-0.25, -0.2) is 9.97 Å². The monoisotopic (exact) mass is 409 g/mol. The van der Waals surface area contributed by atoms with Crippen LogP contribution in [0.25, 0.3) is 0 Å². The maximum absolute atomic E-state index is 12.8. The second kappa shape index (κ2) is 8.36. The van der Waals surface area contributed by atoms with E-state index in [0.29, 0.717) is 43.2 Å². The molecule has 0 aromatic carbocycles. The van der Waals surface area contributed by atoms with Gasteiger partial charge in [0.05, 0.1) is 18.2 Å². The molecule has 0 bridgehead atoms. The highest BCUT2D eigenvalue weighted by atomic mass is 32.1. The Morgan fingerprint density at radius 2 is 2.14 bits per heavy atom. The molecule has 8 nitrogen and oxygen atoms in total. The maximum Gasteiger partial charge on any atom is 0.271 e. The van der Waals surface area contributed by atoms with Crippen LogP contribution in [-0.2, 0) is 19.5 Å². The van der Waals surface area contributed by atoms with Gasteiger partial charge in [0.25, 0.3) is 11.8 Å². The largest absolute Gasteiger partial charge is 0.481 e. The molecule has 0 radical (unpaired) electrons. The third-order valence-electron chi connectivity index (χ3n) is 4.69. The normalized spacial score (nSPS) is 12.9. The first-order valence-corrected chi connectivity index (χ1v) is 10.0. The number of nitrogens with one attached hydrogen (secondary N) is 1. The van der Waals surface area contributed by atoms with E-state index in [1.165, 1.54) is 24.6 Å². The number of aromatic nitrogens is 3.